The van der Waals surface area contributed by atoms with Gasteiger partial charge in [0.1, 0.15) is 71.0 Å². The van der Waals surface area contributed by atoms with Gasteiger partial charge in [0.2, 0.25) is 12.6 Å². The molecule has 9 N–H and O–H groups in total. The van der Waals surface area contributed by atoms with Gasteiger partial charge in [0.15, 0.2) is 16.9 Å². The molecule has 2 aliphatic rings. The monoisotopic (exact) mass is 580 g/mol. The topological polar surface area (TPSA) is 249 Å². The van der Waals surface area contributed by atoms with Crippen LogP contribution in [0.15, 0.2) is 45.6 Å². The molecule has 2 saturated heterocycles. The fourth-order valence-corrected chi connectivity index (χ4v) is 4.52. The Morgan fingerprint density at radius 3 is 2.24 bits per heavy atom. The Hall–Kier alpha value is -3.51. The summed E-state index contributed by atoms with van der Waals surface area (Å²) >= 11 is 0. The van der Waals surface area contributed by atoms with Crippen LogP contribution in [0.2, 0.25) is 0 Å². The Kier molecular flexibility index (Phi) is 8.06. The lowest BCUT2D eigenvalue weighted by molar-refractivity contribution is -0.277. The van der Waals surface area contributed by atoms with Gasteiger partial charge in [-0.2, -0.15) is 0 Å². The number of fused-ring (bicyclic) bond motifs is 1. The van der Waals surface area contributed by atoms with Gasteiger partial charge < -0.3 is 69.3 Å². The molecule has 15 nitrogen and oxygen atoms in total. The average Bonchev–Trinajstić information content (AvgIpc) is 2.94. The summed E-state index contributed by atoms with van der Waals surface area (Å²) in [4.78, 5) is 13.3. The molecule has 9 atom stereocenters. The molecule has 0 bridgehead atoms. The molecule has 15 heteroatoms. The van der Waals surface area contributed by atoms with Crippen LogP contribution in [-0.2, 0) is 9.47 Å². The minimum atomic E-state index is -1.82. The summed E-state index contributed by atoms with van der Waals surface area (Å²) in [6, 6.07) is 7.17. The van der Waals surface area contributed by atoms with Crippen LogP contribution in [0.1, 0.15) is 0 Å². The van der Waals surface area contributed by atoms with E-state index >= 15 is 0 Å². The molecule has 3 aromatic rings. The molecule has 2 fully saturated rings. The second-order valence-corrected chi connectivity index (χ2v) is 9.66. The fraction of sp³-hybridized carbons (Fsp3) is 0.423. The van der Waals surface area contributed by atoms with E-state index in [2.05, 4.69) is 0 Å². The van der Waals surface area contributed by atoms with Crippen molar-refractivity contribution in [1.29, 1.82) is 0 Å². The molecule has 0 amide bonds. The molecule has 41 heavy (non-hydrogen) atoms. The van der Waals surface area contributed by atoms with Gasteiger partial charge in [-0.15, -0.1) is 0 Å². The van der Waals surface area contributed by atoms with E-state index in [-0.39, 0.29) is 40.4 Å². The van der Waals surface area contributed by atoms with Crippen molar-refractivity contribution in [1.82, 2.24) is 0 Å². The first kappa shape index (κ1) is 29.0. The highest BCUT2D eigenvalue weighted by atomic mass is 16.7. The van der Waals surface area contributed by atoms with E-state index in [1.54, 1.807) is 0 Å². The third kappa shape index (κ3) is 5.54. The third-order valence-corrected chi connectivity index (χ3v) is 6.83. The fourth-order valence-electron chi connectivity index (χ4n) is 4.52. The number of benzene rings is 2. The summed E-state index contributed by atoms with van der Waals surface area (Å²) < 4.78 is 27.9. The first-order valence-corrected chi connectivity index (χ1v) is 12.4. The van der Waals surface area contributed by atoms with E-state index in [4.69, 9.17) is 23.4 Å². The first-order chi connectivity index (χ1) is 19.5. The maximum absolute atomic E-state index is 13.3. The normalized spacial score (nSPS) is 32.1. The lowest BCUT2D eigenvalue weighted by atomic mass is 9.99. The highest BCUT2D eigenvalue weighted by Gasteiger charge is 2.45. The quantitative estimate of drug-likeness (QED) is 0.141. The van der Waals surface area contributed by atoms with Crippen molar-refractivity contribution in [3.05, 3.63) is 46.6 Å². The second-order valence-electron chi connectivity index (χ2n) is 9.66. The van der Waals surface area contributed by atoms with Crippen LogP contribution >= 0.6 is 0 Å². The zero-order valence-electron chi connectivity index (χ0n) is 21.0. The number of phenolic OH excluding ortho intramolecular Hbond substituents is 2. The number of phenols is 2. The number of ether oxygens (including phenoxy) is 4. The Bertz CT molecular complexity index is 1450. The third-order valence-electron chi connectivity index (χ3n) is 6.83. The Morgan fingerprint density at radius 2 is 1.54 bits per heavy atom. The van der Waals surface area contributed by atoms with Crippen LogP contribution in [0.25, 0.3) is 22.3 Å². The summed E-state index contributed by atoms with van der Waals surface area (Å²) in [6.45, 7) is -1.10. The SMILES string of the molecule is O=c1cc(-c2ccc(O)c(O)c2)oc2cc(OC3OC[C@@H](O)[C@@H](O)[C@@H]3O)cc(OC3O[C@H](CO)[C@@H](O)[C@H](O)[C@H]3O)c12. The molecule has 2 unspecified atom stereocenters. The van der Waals surface area contributed by atoms with Crippen LogP contribution in [0.5, 0.6) is 23.0 Å². The molecule has 2 aromatic carbocycles. The summed E-state index contributed by atoms with van der Waals surface area (Å²) in [5.74, 6) is -1.36. The van der Waals surface area contributed by atoms with E-state index in [1.807, 2.05) is 0 Å². The van der Waals surface area contributed by atoms with E-state index in [1.165, 1.54) is 18.2 Å². The summed E-state index contributed by atoms with van der Waals surface area (Å²) in [5.41, 5.74) is -0.624. The van der Waals surface area contributed by atoms with Crippen LogP contribution in [0.3, 0.4) is 0 Å². The predicted octanol–water partition coefficient (Wildman–Crippen LogP) is -2.13. The summed E-state index contributed by atoms with van der Waals surface area (Å²) in [6.07, 6.45) is -14.4. The van der Waals surface area contributed by atoms with Gasteiger partial charge in [-0.05, 0) is 18.2 Å². The van der Waals surface area contributed by atoms with Gasteiger partial charge in [0, 0.05) is 23.8 Å². The van der Waals surface area contributed by atoms with Gasteiger partial charge in [0.25, 0.3) is 0 Å². The van der Waals surface area contributed by atoms with E-state index in [9.17, 15) is 50.8 Å². The molecule has 1 aromatic heterocycles. The number of aliphatic hydroxyl groups excluding tert-OH is 7. The van der Waals surface area contributed by atoms with Crippen LogP contribution in [0, 0.1) is 0 Å². The number of aliphatic hydroxyl groups is 7. The summed E-state index contributed by atoms with van der Waals surface area (Å²) in [5, 5.41) is 89.6. The number of rotatable bonds is 6. The molecule has 3 heterocycles. The number of hydrogen-bond donors (Lipinski definition) is 9. The number of hydrogen-bond acceptors (Lipinski definition) is 15. The average molecular weight is 580 g/mol. The second kappa shape index (κ2) is 11.4. The largest absolute Gasteiger partial charge is 0.504 e. The van der Waals surface area contributed by atoms with Gasteiger partial charge in [-0.25, -0.2) is 0 Å². The van der Waals surface area contributed by atoms with Crippen molar-refractivity contribution in [3.8, 4) is 34.3 Å². The van der Waals surface area contributed by atoms with Crippen molar-refractivity contribution in [2.24, 2.45) is 0 Å². The maximum atomic E-state index is 13.3. The van der Waals surface area contributed by atoms with Crippen molar-refractivity contribution >= 4 is 11.0 Å². The minimum absolute atomic E-state index is 0.0405. The van der Waals surface area contributed by atoms with Crippen molar-refractivity contribution in [3.63, 3.8) is 0 Å². The minimum Gasteiger partial charge on any atom is -0.504 e. The Balaban J connectivity index is 1.58. The highest BCUT2D eigenvalue weighted by Crippen LogP contribution is 2.36. The molecule has 5 rings (SSSR count). The molecule has 0 saturated carbocycles. The van der Waals surface area contributed by atoms with E-state index < -0.39 is 78.8 Å². The molecule has 2 aliphatic heterocycles. The number of aromatic hydroxyl groups is 2. The molecular formula is C26H28O15. The molecular weight excluding hydrogens is 552 g/mol. The zero-order chi connectivity index (χ0) is 29.6. The molecule has 0 spiro atoms. The lowest BCUT2D eigenvalue weighted by Gasteiger charge is -2.39. The van der Waals surface area contributed by atoms with Gasteiger partial charge in [-0.3, -0.25) is 4.79 Å². The molecule has 0 aliphatic carbocycles. The lowest BCUT2D eigenvalue weighted by Crippen LogP contribution is -2.60. The van der Waals surface area contributed by atoms with Gasteiger partial charge in [-0.1, -0.05) is 0 Å². The highest BCUT2D eigenvalue weighted by molar-refractivity contribution is 5.86. The van der Waals surface area contributed by atoms with E-state index in [0.717, 1.165) is 18.2 Å². The van der Waals surface area contributed by atoms with E-state index in [0.29, 0.717) is 0 Å². The van der Waals surface area contributed by atoms with Gasteiger partial charge in [0.05, 0.1) is 13.2 Å². The maximum Gasteiger partial charge on any atom is 0.229 e. The van der Waals surface area contributed by atoms with Crippen LogP contribution in [0.4, 0.5) is 0 Å². The molecule has 0 radical (unpaired) electrons. The smallest absolute Gasteiger partial charge is 0.229 e. The standard InChI is InChI=1S/C26H28O15/c27-7-18-21(33)22(34)24(36)26(41-18)40-17-5-10(38-25-23(35)20(32)14(31)8-37-25)4-16-19(17)13(30)6-15(39-16)9-1-2-11(28)12(29)3-9/h1-6,14,18,20-29,31-36H,7-8H2/t14-,18-,20-,21-,22+,23+,24-,25?,26?/m1/s1. The van der Waals surface area contributed by atoms with Crippen molar-refractivity contribution < 1.29 is 69.3 Å². The zero-order valence-corrected chi connectivity index (χ0v) is 21.0. The van der Waals surface area contributed by atoms with Gasteiger partial charge >= 0.3 is 0 Å². The predicted molar refractivity (Wildman–Crippen MR) is 134 cm³/mol. The van der Waals surface area contributed by atoms with Crippen molar-refractivity contribution in [2.45, 2.75) is 55.3 Å². The Morgan fingerprint density at radius 1 is 0.805 bits per heavy atom. The van der Waals surface area contributed by atoms with Crippen molar-refractivity contribution in [2.75, 3.05) is 13.2 Å². The van der Waals surface area contributed by atoms with Crippen LogP contribution < -0.4 is 14.9 Å². The first-order valence-electron chi connectivity index (χ1n) is 12.4. The van der Waals surface area contributed by atoms with Crippen LogP contribution in [-0.4, -0.2) is 114 Å². The Labute approximate surface area is 230 Å². The molecule has 222 valence electrons. The summed E-state index contributed by atoms with van der Waals surface area (Å²) in [7, 11) is 0.